The minimum Gasteiger partial charge on any atom is -0.268 e. The summed E-state index contributed by atoms with van der Waals surface area (Å²) in [6, 6.07) is 0. The van der Waals surface area contributed by atoms with Gasteiger partial charge in [-0.15, -0.1) is 0 Å². The number of hydrogen-bond donors (Lipinski definition) is 0. The zero-order chi connectivity index (χ0) is 16.4. The van der Waals surface area contributed by atoms with Gasteiger partial charge in [0.25, 0.3) is 0 Å². The van der Waals surface area contributed by atoms with Crippen LogP contribution in [0.2, 0.25) is 0 Å². The van der Waals surface area contributed by atoms with Crippen LogP contribution in [0.5, 0.6) is 0 Å². The molecule has 1 heterocycles. The Morgan fingerprint density at radius 1 is 1.00 bits per heavy atom. The number of nitrogens with zero attached hydrogens (tertiary/aromatic N) is 2. The van der Waals surface area contributed by atoms with Gasteiger partial charge < -0.3 is 0 Å². The average molecular weight is 359 g/mol. The highest BCUT2D eigenvalue weighted by molar-refractivity contribution is 9.10. The van der Waals surface area contributed by atoms with Gasteiger partial charge in [0.15, 0.2) is 0 Å². The topological polar surface area (TPSA) is 17.8 Å². The molecule has 1 rings (SSSR count). The van der Waals surface area contributed by atoms with Crippen molar-refractivity contribution in [1.29, 1.82) is 0 Å². The second kappa shape index (κ2) is 11.3. The zero-order valence-corrected chi connectivity index (χ0v) is 16.8. The summed E-state index contributed by atoms with van der Waals surface area (Å²) in [7, 11) is 0. The van der Waals surface area contributed by atoms with Crippen molar-refractivity contribution < 1.29 is 0 Å². The Labute approximate surface area is 140 Å². The van der Waals surface area contributed by atoms with Crippen molar-refractivity contribution in [1.82, 2.24) is 9.78 Å². The molecule has 0 fully saturated rings. The maximum absolute atomic E-state index is 4.37. The quantitative estimate of drug-likeness (QED) is 0.551. The van der Waals surface area contributed by atoms with Gasteiger partial charge in [-0.1, -0.05) is 60.3 Å². The van der Waals surface area contributed by atoms with Gasteiger partial charge in [0.1, 0.15) is 0 Å². The summed E-state index contributed by atoms with van der Waals surface area (Å²) < 4.78 is 3.21. The number of aryl methyl sites for hydroxylation is 2. The lowest BCUT2D eigenvalue weighted by Gasteiger charge is -2.11. The van der Waals surface area contributed by atoms with Crippen LogP contribution in [-0.4, -0.2) is 9.78 Å². The molecule has 0 spiro atoms. The summed E-state index contributed by atoms with van der Waals surface area (Å²) in [5.74, 6) is 1.88. The Bertz CT molecular complexity index is 375. The minimum absolute atomic E-state index is 0.939. The van der Waals surface area contributed by atoms with Gasteiger partial charge in [0.2, 0.25) is 0 Å². The predicted octanol–water partition coefficient (Wildman–Crippen LogP) is 6.40. The second-order valence-corrected chi connectivity index (χ2v) is 6.91. The van der Waals surface area contributed by atoms with Crippen LogP contribution in [0.15, 0.2) is 4.47 Å². The highest BCUT2D eigenvalue weighted by Gasteiger charge is 2.08. The fraction of sp³-hybridized carbons (Fsp3) is 0.833. The summed E-state index contributed by atoms with van der Waals surface area (Å²) >= 11 is 3.52. The van der Waals surface area contributed by atoms with Crippen LogP contribution >= 0.6 is 15.9 Å². The van der Waals surface area contributed by atoms with E-state index in [2.05, 4.69) is 62.6 Å². The van der Waals surface area contributed by atoms with Crippen molar-refractivity contribution >= 4 is 15.9 Å². The molecule has 0 amide bonds. The lowest BCUT2D eigenvalue weighted by Crippen LogP contribution is -2.01. The van der Waals surface area contributed by atoms with Gasteiger partial charge in [0.05, 0.1) is 15.9 Å². The molecule has 0 aliphatic heterocycles. The van der Waals surface area contributed by atoms with Crippen molar-refractivity contribution in [3.63, 3.8) is 0 Å². The largest absolute Gasteiger partial charge is 0.268 e. The first-order chi connectivity index (χ1) is 9.90. The number of aromatic nitrogens is 2. The molecule has 124 valence electrons. The van der Waals surface area contributed by atoms with Crippen LogP contribution in [0.3, 0.4) is 0 Å². The van der Waals surface area contributed by atoms with Gasteiger partial charge in [0, 0.05) is 6.54 Å². The van der Waals surface area contributed by atoms with E-state index in [1.807, 2.05) is 11.6 Å². The zero-order valence-electron chi connectivity index (χ0n) is 15.2. The first kappa shape index (κ1) is 20.7. The van der Waals surface area contributed by atoms with Crippen LogP contribution in [-0.2, 0) is 13.0 Å². The Morgan fingerprint density at radius 2 is 1.48 bits per heavy atom. The molecule has 3 heteroatoms. The van der Waals surface area contributed by atoms with E-state index < -0.39 is 0 Å². The highest BCUT2D eigenvalue weighted by Crippen LogP contribution is 2.21. The molecule has 21 heavy (non-hydrogen) atoms. The van der Waals surface area contributed by atoms with Crippen molar-refractivity contribution in [3.8, 4) is 0 Å². The maximum atomic E-state index is 4.37. The van der Waals surface area contributed by atoms with E-state index in [0.717, 1.165) is 30.5 Å². The summed E-state index contributed by atoms with van der Waals surface area (Å²) in [4.78, 5) is 0. The Hall–Kier alpha value is -0.310. The lowest BCUT2D eigenvalue weighted by atomic mass is 9.95. The van der Waals surface area contributed by atoms with Crippen LogP contribution in [0.1, 0.15) is 78.6 Å². The summed E-state index contributed by atoms with van der Waals surface area (Å²) in [6.07, 6.45) is 6.57. The van der Waals surface area contributed by atoms with Gasteiger partial charge >= 0.3 is 0 Å². The Balaban J connectivity index is 0.000000384. The number of hydrogen-bond acceptors (Lipinski definition) is 1. The van der Waals surface area contributed by atoms with Crippen molar-refractivity contribution in [3.05, 3.63) is 15.9 Å². The third-order valence-corrected chi connectivity index (χ3v) is 5.37. The summed E-state index contributed by atoms with van der Waals surface area (Å²) in [5.41, 5.74) is 2.38. The van der Waals surface area contributed by atoms with Crippen LogP contribution in [0.4, 0.5) is 0 Å². The van der Waals surface area contributed by atoms with Crippen molar-refractivity contribution in [2.45, 2.75) is 87.1 Å². The molecule has 0 aromatic carbocycles. The first-order valence-corrected chi connectivity index (χ1v) is 9.42. The molecule has 0 saturated heterocycles. The molecule has 0 bridgehead atoms. The van der Waals surface area contributed by atoms with Crippen LogP contribution in [0, 0.1) is 18.8 Å². The molecule has 0 aliphatic carbocycles. The van der Waals surface area contributed by atoms with E-state index in [4.69, 9.17) is 0 Å². The monoisotopic (exact) mass is 358 g/mol. The van der Waals surface area contributed by atoms with Gasteiger partial charge in [-0.3, -0.25) is 4.68 Å². The number of halogens is 1. The fourth-order valence-corrected chi connectivity index (χ4v) is 2.75. The third-order valence-electron chi connectivity index (χ3n) is 4.33. The molecule has 1 aromatic heterocycles. The molecule has 0 saturated carbocycles. The SMILES string of the molecule is CCC(C)CC[C@@H](C)CC.CCc1c(Br)c(C)nn1CC. The molecule has 0 radical (unpaired) electrons. The molecule has 0 aliphatic rings. The van der Waals surface area contributed by atoms with E-state index in [1.165, 1.54) is 35.8 Å². The molecule has 2 atom stereocenters. The van der Waals surface area contributed by atoms with Crippen molar-refractivity contribution in [2.24, 2.45) is 11.8 Å². The maximum Gasteiger partial charge on any atom is 0.0738 e. The molecular weight excluding hydrogens is 324 g/mol. The van der Waals surface area contributed by atoms with Crippen molar-refractivity contribution in [2.75, 3.05) is 0 Å². The molecule has 1 aromatic rings. The van der Waals surface area contributed by atoms with E-state index in [-0.39, 0.29) is 0 Å². The minimum atomic E-state index is 0.939. The van der Waals surface area contributed by atoms with Gasteiger partial charge in [-0.25, -0.2) is 0 Å². The van der Waals surface area contributed by atoms with E-state index in [0.29, 0.717) is 0 Å². The van der Waals surface area contributed by atoms with Gasteiger partial charge in [-0.2, -0.15) is 5.10 Å². The smallest absolute Gasteiger partial charge is 0.0738 e. The summed E-state index contributed by atoms with van der Waals surface area (Å²) in [6.45, 7) is 16.5. The van der Waals surface area contributed by atoms with E-state index >= 15 is 0 Å². The molecule has 1 unspecified atom stereocenters. The third kappa shape index (κ3) is 7.49. The normalized spacial score (nSPS) is 13.5. The summed E-state index contributed by atoms with van der Waals surface area (Å²) in [5, 5.41) is 4.37. The van der Waals surface area contributed by atoms with Gasteiger partial charge in [-0.05, 0) is 48.0 Å². The van der Waals surface area contributed by atoms with E-state index in [1.54, 1.807) is 0 Å². The second-order valence-electron chi connectivity index (χ2n) is 6.12. The van der Waals surface area contributed by atoms with Crippen LogP contribution in [0.25, 0.3) is 0 Å². The van der Waals surface area contributed by atoms with E-state index in [9.17, 15) is 0 Å². The molecular formula is C18H35BrN2. The first-order valence-electron chi connectivity index (χ1n) is 8.62. The average Bonchev–Trinajstić information content (AvgIpc) is 2.79. The van der Waals surface area contributed by atoms with Crippen LogP contribution < -0.4 is 0 Å². The number of rotatable bonds is 7. The Kier molecular flexibility index (Phi) is 11.1. The Morgan fingerprint density at radius 3 is 1.76 bits per heavy atom. The lowest BCUT2D eigenvalue weighted by molar-refractivity contribution is 0.415. The highest BCUT2D eigenvalue weighted by atomic mass is 79.9. The standard InChI is InChI=1S/C10H22.C8H13BrN2/c1-5-9(3)7-8-10(4)6-2;1-4-7-8(9)6(3)10-11(7)5-2/h9-10H,5-8H2,1-4H3;4-5H2,1-3H3/t9-,10?;/m0./s1. The molecule has 0 N–H and O–H groups in total. The fourth-order valence-electron chi connectivity index (χ4n) is 2.18. The molecule has 2 nitrogen and oxygen atoms in total. The predicted molar refractivity (Wildman–Crippen MR) is 97.9 cm³/mol.